The summed E-state index contributed by atoms with van der Waals surface area (Å²) in [4.78, 5) is 44.3. The molecule has 10 nitrogen and oxygen atoms in total. The number of thioether (sulfide) groups is 1. The molecule has 1 heterocycles. The molecule has 0 spiro atoms. The van der Waals surface area contributed by atoms with Gasteiger partial charge in [-0.25, -0.2) is 4.98 Å². The second-order valence-electron chi connectivity index (χ2n) is 9.43. The van der Waals surface area contributed by atoms with E-state index in [-0.39, 0.29) is 11.6 Å². The van der Waals surface area contributed by atoms with Crippen LogP contribution in [-0.2, 0) is 9.59 Å². The minimum atomic E-state index is -0.574. The Labute approximate surface area is 270 Å². The van der Waals surface area contributed by atoms with Gasteiger partial charge in [-0.15, -0.1) is 11.8 Å². The first kappa shape index (κ1) is 32.9. The Bertz CT molecular complexity index is 1670. The zero-order valence-electron chi connectivity index (χ0n) is 24.9. The van der Waals surface area contributed by atoms with Gasteiger partial charge in [-0.1, -0.05) is 35.9 Å². The molecule has 1 atom stereocenters. The topological polar surface area (TPSA) is 128 Å². The van der Waals surface area contributed by atoms with E-state index in [0.717, 1.165) is 4.90 Å². The summed E-state index contributed by atoms with van der Waals surface area (Å²) in [6, 6.07) is 22.2. The van der Waals surface area contributed by atoms with Crippen molar-refractivity contribution in [2.75, 3.05) is 32.0 Å². The number of aromatic nitrogens is 1. The number of pyridine rings is 1. The van der Waals surface area contributed by atoms with Gasteiger partial charge in [0.15, 0.2) is 11.5 Å². The Hall–Kier alpha value is -5.00. The Morgan fingerprint density at radius 3 is 2.20 bits per heavy atom. The molecule has 0 bridgehead atoms. The molecule has 4 rings (SSSR count). The minimum Gasteiger partial charge on any atom is -0.493 e. The van der Waals surface area contributed by atoms with E-state index in [1.54, 1.807) is 79.7 Å². The summed E-state index contributed by atoms with van der Waals surface area (Å²) in [6.07, 6.45) is 2.96. The molecule has 0 saturated heterocycles. The summed E-state index contributed by atoms with van der Waals surface area (Å²) >= 11 is 7.17. The summed E-state index contributed by atoms with van der Waals surface area (Å²) in [5.41, 5.74) is 1.32. The molecule has 1 aromatic heterocycles. The number of carbonyl (C=O) groups excluding carboxylic acids is 3. The summed E-state index contributed by atoms with van der Waals surface area (Å²) in [5.74, 6) is 0.251. The van der Waals surface area contributed by atoms with Gasteiger partial charge in [-0.05, 0) is 73.2 Å². The van der Waals surface area contributed by atoms with Crippen LogP contribution in [0.25, 0.3) is 6.08 Å². The molecule has 3 N–H and O–H groups in total. The molecule has 45 heavy (non-hydrogen) atoms. The zero-order chi connectivity index (χ0) is 32.3. The first-order chi connectivity index (χ1) is 21.7. The highest BCUT2D eigenvalue weighted by atomic mass is 35.5. The molecular weight excluding hydrogens is 616 g/mol. The first-order valence-electron chi connectivity index (χ1n) is 13.6. The first-order valence-corrected chi connectivity index (χ1v) is 14.8. The quantitative estimate of drug-likeness (QED) is 0.121. The van der Waals surface area contributed by atoms with Crippen molar-refractivity contribution in [3.63, 3.8) is 0 Å². The maximum atomic E-state index is 13.6. The van der Waals surface area contributed by atoms with Crippen LogP contribution >= 0.6 is 23.4 Å². The van der Waals surface area contributed by atoms with Gasteiger partial charge in [-0.2, -0.15) is 0 Å². The number of methoxy groups -OCH3 is 3. The third-order valence-electron chi connectivity index (χ3n) is 6.28. The van der Waals surface area contributed by atoms with E-state index in [9.17, 15) is 14.4 Å². The van der Waals surface area contributed by atoms with Gasteiger partial charge in [0, 0.05) is 22.3 Å². The Morgan fingerprint density at radius 1 is 0.867 bits per heavy atom. The molecule has 0 aliphatic heterocycles. The van der Waals surface area contributed by atoms with Crippen LogP contribution in [0.15, 0.2) is 95.7 Å². The molecule has 3 aromatic carbocycles. The Kier molecular flexibility index (Phi) is 11.4. The number of hydrogen-bond donors (Lipinski definition) is 3. The Morgan fingerprint density at radius 2 is 1.58 bits per heavy atom. The van der Waals surface area contributed by atoms with Crippen LogP contribution < -0.4 is 30.2 Å². The summed E-state index contributed by atoms with van der Waals surface area (Å²) in [6.45, 7) is 1.76. The van der Waals surface area contributed by atoms with Crippen molar-refractivity contribution < 1.29 is 28.6 Å². The SMILES string of the molecule is COc1cc(/C=C(/NC(=O)c2ccccc2)C(=O)Nc2cccc(SC(C)C(=O)Nc3ccc(Cl)cn3)c2)cc(OC)c1OC. The van der Waals surface area contributed by atoms with Crippen molar-refractivity contribution in [2.24, 2.45) is 0 Å². The van der Waals surface area contributed by atoms with Gasteiger partial charge < -0.3 is 30.2 Å². The average molecular weight is 647 g/mol. The monoisotopic (exact) mass is 646 g/mol. The molecule has 3 amide bonds. The number of carbonyl (C=O) groups is 3. The molecule has 1 unspecified atom stereocenters. The molecule has 0 aliphatic carbocycles. The van der Waals surface area contributed by atoms with Crippen molar-refractivity contribution in [3.8, 4) is 17.2 Å². The maximum absolute atomic E-state index is 13.6. The van der Waals surface area contributed by atoms with Crippen LogP contribution in [0, 0.1) is 0 Å². The summed E-state index contributed by atoms with van der Waals surface area (Å²) in [5, 5.41) is 8.31. The second-order valence-corrected chi connectivity index (χ2v) is 11.3. The summed E-state index contributed by atoms with van der Waals surface area (Å²) < 4.78 is 16.3. The van der Waals surface area contributed by atoms with Gasteiger partial charge >= 0.3 is 0 Å². The number of halogens is 1. The molecular formula is C33H31ClN4O6S. The molecule has 232 valence electrons. The highest BCUT2D eigenvalue weighted by molar-refractivity contribution is 8.00. The normalized spacial score (nSPS) is 11.6. The van der Waals surface area contributed by atoms with Gasteiger partial charge in [0.1, 0.15) is 11.5 Å². The van der Waals surface area contributed by atoms with E-state index in [1.165, 1.54) is 45.4 Å². The molecule has 12 heteroatoms. The maximum Gasteiger partial charge on any atom is 0.272 e. The third kappa shape index (κ3) is 9.01. The van der Waals surface area contributed by atoms with E-state index >= 15 is 0 Å². The van der Waals surface area contributed by atoms with Gasteiger partial charge in [-0.3, -0.25) is 14.4 Å². The van der Waals surface area contributed by atoms with E-state index in [2.05, 4.69) is 20.9 Å². The van der Waals surface area contributed by atoms with Crippen LogP contribution in [0.5, 0.6) is 17.2 Å². The number of benzene rings is 3. The van der Waals surface area contributed by atoms with E-state index in [1.807, 2.05) is 6.07 Å². The van der Waals surface area contributed by atoms with Crippen molar-refractivity contribution in [3.05, 3.63) is 107 Å². The molecule has 0 saturated carbocycles. The van der Waals surface area contributed by atoms with Crippen LogP contribution in [0.1, 0.15) is 22.8 Å². The second kappa shape index (κ2) is 15.6. The van der Waals surface area contributed by atoms with Gasteiger partial charge in [0.05, 0.1) is 31.6 Å². The standard InChI is InChI=1S/C33H31ClN4O6S/c1-20(31(39)38-29-14-13-23(34)19-35-29)45-25-12-8-11-24(18-25)36-33(41)26(37-32(40)22-9-6-5-7-10-22)15-21-16-27(42-2)30(44-4)28(17-21)43-3/h5-20H,1-4H3,(H,36,41)(H,37,40)(H,35,38,39)/b26-15+. The largest absolute Gasteiger partial charge is 0.493 e. The minimum absolute atomic E-state index is 0.0283. The summed E-state index contributed by atoms with van der Waals surface area (Å²) in [7, 11) is 4.46. The van der Waals surface area contributed by atoms with Gasteiger partial charge in [0.25, 0.3) is 11.8 Å². The number of anilines is 2. The highest BCUT2D eigenvalue weighted by Gasteiger charge is 2.19. The fourth-order valence-electron chi connectivity index (χ4n) is 4.07. The lowest BCUT2D eigenvalue weighted by Gasteiger charge is -2.15. The predicted molar refractivity (Wildman–Crippen MR) is 176 cm³/mol. The smallest absolute Gasteiger partial charge is 0.272 e. The lowest BCUT2D eigenvalue weighted by molar-refractivity contribution is -0.115. The van der Waals surface area contributed by atoms with Crippen molar-refractivity contribution in [1.82, 2.24) is 10.3 Å². The molecule has 4 aromatic rings. The van der Waals surface area contributed by atoms with Gasteiger partial charge in [0.2, 0.25) is 11.7 Å². The van der Waals surface area contributed by atoms with E-state index < -0.39 is 17.1 Å². The molecule has 0 fully saturated rings. The number of ether oxygens (including phenoxy) is 3. The van der Waals surface area contributed by atoms with Crippen LogP contribution in [0.4, 0.5) is 11.5 Å². The molecule has 0 radical (unpaired) electrons. The Balaban J connectivity index is 1.56. The van der Waals surface area contributed by atoms with Crippen molar-refractivity contribution in [1.29, 1.82) is 0 Å². The average Bonchev–Trinajstić information content (AvgIpc) is 3.05. The predicted octanol–water partition coefficient (Wildman–Crippen LogP) is 6.29. The number of rotatable bonds is 12. The van der Waals surface area contributed by atoms with Crippen LogP contribution in [0.2, 0.25) is 5.02 Å². The third-order valence-corrected chi connectivity index (χ3v) is 7.60. The van der Waals surface area contributed by atoms with Crippen molar-refractivity contribution in [2.45, 2.75) is 17.1 Å². The fraction of sp³-hybridized carbons (Fsp3) is 0.152. The lowest BCUT2D eigenvalue weighted by Crippen LogP contribution is -2.30. The van der Waals surface area contributed by atoms with Crippen molar-refractivity contribution >= 4 is 58.7 Å². The zero-order valence-corrected chi connectivity index (χ0v) is 26.5. The van der Waals surface area contributed by atoms with E-state index in [4.69, 9.17) is 25.8 Å². The van der Waals surface area contributed by atoms with E-state index in [0.29, 0.717) is 44.9 Å². The fourth-order valence-corrected chi connectivity index (χ4v) is 5.11. The number of hydrogen-bond acceptors (Lipinski definition) is 8. The molecule has 0 aliphatic rings. The lowest BCUT2D eigenvalue weighted by atomic mass is 10.1. The number of nitrogens with one attached hydrogen (secondary N) is 3. The van der Waals surface area contributed by atoms with Crippen LogP contribution in [0.3, 0.4) is 0 Å². The highest BCUT2D eigenvalue weighted by Crippen LogP contribution is 2.38. The number of amides is 3. The van der Waals surface area contributed by atoms with Crippen LogP contribution in [-0.4, -0.2) is 49.3 Å². The number of nitrogens with zero attached hydrogens (tertiary/aromatic N) is 1.